The van der Waals surface area contributed by atoms with Crippen molar-refractivity contribution >= 4 is 56.1 Å². The van der Waals surface area contributed by atoms with Crippen molar-refractivity contribution in [2.75, 3.05) is 26.2 Å². The number of aliphatic carboxylic acids is 1. The van der Waals surface area contributed by atoms with Crippen LogP contribution in [0.5, 0.6) is 23.5 Å². The second-order valence-electron chi connectivity index (χ2n) is 13.3. The molecule has 0 bridgehead atoms. The largest absolute Gasteiger partial charge is 0.490 e. The van der Waals surface area contributed by atoms with Crippen LogP contribution in [0.1, 0.15) is 57.6 Å². The van der Waals surface area contributed by atoms with Gasteiger partial charge in [0.15, 0.2) is 0 Å². The fraction of sp³-hybridized carbons (Fsp3) is 0.333. The zero-order chi connectivity index (χ0) is 40.7. The number of carboxylic acids is 1. The number of carbonyl (C=O) groups excluding carboxylic acids is 1. The van der Waals surface area contributed by atoms with E-state index >= 15 is 0 Å². The van der Waals surface area contributed by atoms with Crippen LogP contribution in [0, 0.1) is 0 Å². The molecule has 2 fully saturated rings. The van der Waals surface area contributed by atoms with Crippen LogP contribution in [0.25, 0.3) is 12.2 Å². The van der Waals surface area contributed by atoms with Crippen LogP contribution in [-0.2, 0) is 9.53 Å². The summed E-state index contributed by atoms with van der Waals surface area (Å²) in [5.74, 6) is -1.32. The molecule has 0 radical (unpaired) electrons. The minimum atomic E-state index is -5.08. The van der Waals surface area contributed by atoms with Gasteiger partial charge < -0.3 is 29.5 Å². The lowest BCUT2D eigenvalue weighted by atomic mass is 10.0. The molecule has 2 aliphatic rings. The monoisotopic (exact) mass is 904 g/mol. The van der Waals surface area contributed by atoms with Crippen molar-refractivity contribution in [1.29, 1.82) is 0 Å². The van der Waals surface area contributed by atoms with Gasteiger partial charge in [0.05, 0.1) is 8.95 Å². The molecule has 1 amide bonds. The van der Waals surface area contributed by atoms with E-state index in [4.69, 9.17) is 24.1 Å². The Labute approximate surface area is 339 Å². The summed E-state index contributed by atoms with van der Waals surface area (Å²) in [5.41, 5.74) is 4.52. The third-order valence-electron chi connectivity index (χ3n) is 7.61. The molecule has 4 aromatic rings. The molecule has 6 rings (SSSR count). The first-order valence-corrected chi connectivity index (χ1v) is 19.0. The fourth-order valence-corrected chi connectivity index (χ4v) is 5.47. The van der Waals surface area contributed by atoms with Crippen molar-refractivity contribution in [1.82, 2.24) is 30.2 Å². The van der Waals surface area contributed by atoms with Gasteiger partial charge in [-0.1, -0.05) is 47.6 Å². The van der Waals surface area contributed by atoms with Crippen molar-refractivity contribution in [2.45, 2.75) is 58.2 Å². The Hall–Kier alpha value is -4.87. The summed E-state index contributed by atoms with van der Waals surface area (Å²) in [7, 11) is 0. The van der Waals surface area contributed by atoms with Crippen LogP contribution in [0.15, 0.2) is 93.4 Å². The van der Waals surface area contributed by atoms with E-state index in [0.717, 1.165) is 64.6 Å². The topological polar surface area (TPSA) is 149 Å². The number of hydrogen-bond acceptors (Lipinski definition) is 10. The van der Waals surface area contributed by atoms with Crippen LogP contribution < -0.4 is 14.8 Å². The summed E-state index contributed by atoms with van der Waals surface area (Å²) in [6.45, 7) is 9.12. The normalized spacial score (nSPS) is 14.2. The lowest BCUT2D eigenvalue weighted by molar-refractivity contribution is -0.192. The molecule has 17 heteroatoms. The van der Waals surface area contributed by atoms with Crippen LogP contribution in [0.4, 0.5) is 18.0 Å². The average Bonchev–Trinajstić information content (AvgIpc) is 3.14. The highest BCUT2D eigenvalue weighted by Gasteiger charge is 2.38. The van der Waals surface area contributed by atoms with Crippen LogP contribution >= 0.6 is 31.9 Å². The number of likely N-dealkylation sites (tertiary alicyclic amines) is 1. The Morgan fingerprint density at radius 1 is 0.750 bits per heavy atom. The molecule has 0 unspecified atom stereocenters. The molecule has 2 saturated heterocycles. The molecule has 0 aliphatic carbocycles. The first-order chi connectivity index (χ1) is 26.5. The highest BCUT2D eigenvalue weighted by Crippen LogP contribution is 2.26. The van der Waals surface area contributed by atoms with Crippen molar-refractivity contribution in [3.05, 3.63) is 105 Å². The molecular formula is C39H41Br2F3N6O6. The summed E-state index contributed by atoms with van der Waals surface area (Å²) in [6.07, 6.45) is 9.60. The Morgan fingerprint density at radius 3 is 1.55 bits per heavy atom. The smallest absolute Gasteiger partial charge is 0.475 e. The number of benzene rings is 2. The molecule has 12 nitrogen and oxygen atoms in total. The minimum absolute atomic E-state index is 0.239. The van der Waals surface area contributed by atoms with E-state index in [-0.39, 0.29) is 6.09 Å². The van der Waals surface area contributed by atoms with Crippen molar-refractivity contribution < 1.29 is 42.1 Å². The van der Waals surface area contributed by atoms with Gasteiger partial charge in [0, 0.05) is 37.9 Å². The quantitative estimate of drug-likeness (QED) is 0.191. The average molecular weight is 907 g/mol. The predicted octanol–water partition coefficient (Wildman–Crippen LogP) is 9.88. The number of halogens is 5. The maximum Gasteiger partial charge on any atom is 0.490 e. The van der Waals surface area contributed by atoms with Crippen LogP contribution in [0.3, 0.4) is 0 Å². The van der Waals surface area contributed by atoms with Crippen molar-refractivity contribution in [3.63, 3.8) is 0 Å². The highest BCUT2D eigenvalue weighted by molar-refractivity contribution is 9.10. The Bertz CT molecular complexity index is 1960. The molecule has 0 spiro atoms. The molecule has 2 N–H and O–H groups in total. The zero-order valence-corrected chi connectivity index (χ0v) is 34.0. The van der Waals surface area contributed by atoms with Crippen LogP contribution in [0.2, 0.25) is 0 Å². The highest BCUT2D eigenvalue weighted by atomic mass is 79.9. The van der Waals surface area contributed by atoms with Crippen molar-refractivity contribution in [2.24, 2.45) is 0 Å². The maximum atomic E-state index is 12.2. The lowest BCUT2D eigenvalue weighted by Gasteiger charge is -2.31. The number of rotatable bonds is 6. The van der Waals surface area contributed by atoms with Crippen LogP contribution in [-0.4, -0.2) is 80.0 Å². The Balaban J connectivity index is 0.000000218. The third kappa shape index (κ3) is 16.1. The van der Waals surface area contributed by atoms with E-state index in [2.05, 4.69) is 75.3 Å². The Kier molecular flexibility index (Phi) is 16.3. The van der Waals surface area contributed by atoms with E-state index in [9.17, 15) is 18.0 Å². The SMILES string of the molecule is Brc1cnc(Oc2cccc(C=C3CCNCC3)c2)nc1.CC(C)(C)OC(=O)N1CCC(=Cc2cccc(Oc3ncc(Br)cn3)c2)CC1.O=C(O)C(F)(F)F. The summed E-state index contributed by atoms with van der Waals surface area (Å²) in [6, 6.07) is 16.5. The molecule has 2 aromatic heterocycles. The number of piperidine rings is 2. The van der Waals surface area contributed by atoms with Gasteiger partial charge in [-0.2, -0.15) is 13.2 Å². The standard InChI is InChI=1S/C21H24BrN3O3.C16H16BrN3O.C2HF3O2/c1-21(2,3)28-20(26)25-9-7-15(8-10-25)11-16-5-4-6-18(12-16)27-19-23-13-17(22)14-24-19;17-14-10-19-16(20-11-14)21-15-3-1-2-13(9-15)8-12-4-6-18-7-5-12;3-2(4,5)1(6)7/h4-6,11-14H,7-10H2,1-3H3;1-3,8-11,18H,4-7H2;(H,6,7). The second kappa shape index (κ2) is 20.9. The molecule has 298 valence electrons. The number of carboxylic acid groups (broad SMARTS) is 1. The van der Waals surface area contributed by atoms with Gasteiger partial charge in [-0.15, -0.1) is 0 Å². The number of aromatic nitrogens is 4. The molecule has 2 aromatic carbocycles. The molecule has 2 aliphatic heterocycles. The van der Waals surface area contributed by atoms with Gasteiger partial charge in [0.2, 0.25) is 0 Å². The number of alkyl halides is 3. The molecule has 0 saturated carbocycles. The molecule has 56 heavy (non-hydrogen) atoms. The van der Waals surface area contributed by atoms with Gasteiger partial charge in [0.1, 0.15) is 17.1 Å². The third-order valence-corrected chi connectivity index (χ3v) is 8.43. The van der Waals surface area contributed by atoms with Gasteiger partial charge in [0.25, 0.3) is 0 Å². The number of amides is 1. The number of hydrogen-bond donors (Lipinski definition) is 2. The fourth-order valence-electron chi connectivity index (χ4n) is 5.06. The maximum absolute atomic E-state index is 12.2. The van der Waals surface area contributed by atoms with E-state index in [0.29, 0.717) is 30.9 Å². The van der Waals surface area contributed by atoms with E-state index in [1.807, 2.05) is 63.2 Å². The van der Waals surface area contributed by atoms with Gasteiger partial charge in [-0.05, 0) is 127 Å². The van der Waals surface area contributed by atoms with Gasteiger partial charge in [-0.3, -0.25) is 0 Å². The van der Waals surface area contributed by atoms with E-state index < -0.39 is 17.7 Å². The second-order valence-corrected chi connectivity index (χ2v) is 15.2. The molecular weight excluding hydrogens is 865 g/mol. The summed E-state index contributed by atoms with van der Waals surface area (Å²) < 4.78 is 50.2. The van der Waals surface area contributed by atoms with Gasteiger partial charge >= 0.3 is 30.3 Å². The zero-order valence-electron chi connectivity index (χ0n) is 30.9. The molecule has 0 atom stereocenters. The first kappa shape index (κ1) is 43.9. The predicted molar refractivity (Wildman–Crippen MR) is 211 cm³/mol. The number of nitrogens with zero attached hydrogens (tertiary/aromatic N) is 5. The van der Waals surface area contributed by atoms with E-state index in [1.54, 1.807) is 29.7 Å². The number of ether oxygens (including phenoxy) is 3. The number of carbonyl (C=O) groups is 2. The minimum Gasteiger partial charge on any atom is -0.475 e. The lowest BCUT2D eigenvalue weighted by Crippen LogP contribution is -2.40. The summed E-state index contributed by atoms with van der Waals surface area (Å²) in [4.78, 5) is 39.3. The van der Waals surface area contributed by atoms with E-state index in [1.165, 1.54) is 11.1 Å². The van der Waals surface area contributed by atoms with Gasteiger partial charge in [-0.25, -0.2) is 29.5 Å². The Morgan fingerprint density at radius 2 is 1.16 bits per heavy atom. The van der Waals surface area contributed by atoms with Crippen molar-refractivity contribution in [3.8, 4) is 23.5 Å². The summed E-state index contributed by atoms with van der Waals surface area (Å²) in [5, 5.41) is 10.5. The first-order valence-electron chi connectivity index (χ1n) is 17.4. The molecule has 4 heterocycles. The summed E-state index contributed by atoms with van der Waals surface area (Å²) >= 11 is 6.61. The number of nitrogens with one attached hydrogen (secondary N) is 1.